The standard InChI is InChI=1S/C17H23BrN4O2/c1-21-8-7-20-17(21)13-10-19-6-9-22(13)11-12-4-5-14(23-2)16(24-3)15(12)18/h4-5,7-8,13,19H,6,9-11H2,1-3H3. The molecular weight excluding hydrogens is 372 g/mol. The van der Waals surface area contributed by atoms with Gasteiger partial charge >= 0.3 is 0 Å². The number of piperazine rings is 1. The van der Waals surface area contributed by atoms with E-state index >= 15 is 0 Å². The van der Waals surface area contributed by atoms with E-state index in [4.69, 9.17) is 9.47 Å². The molecule has 1 saturated heterocycles. The van der Waals surface area contributed by atoms with Crippen molar-refractivity contribution in [3.8, 4) is 11.5 Å². The molecule has 0 saturated carbocycles. The normalized spacial score (nSPS) is 18.6. The van der Waals surface area contributed by atoms with Crippen molar-refractivity contribution < 1.29 is 9.47 Å². The first-order valence-corrected chi connectivity index (χ1v) is 8.76. The molecule has 24 heavy (non-hydrogen) atoms. The molecule has 2 aromatic rings. The van der Waals surface area contributed by atoms with Crippen LogP contribution < -0.4 is 14.8 Å². The fourth-order valence-electron chi connectivity index (χ4n) is 3.16. The summed E-state index contributed by atoms with van der Waals surface area (Å²) < 4.78 is 13.9. The number of hydrogen-bond donors (Lipinski definition) is 1. The van der Waals surface area contributed by atoms with E-state index in [0.29, 0.717) is 0 Å². The Morgan fingerprint density at radius 2 is 2.17 bits per heavy atom. The van der Waals surface area contributed by atoms with Crippen LogP contribution in [0.5, 0.6) is 11.5 Å². The van der Waals surface area contributed by atoms with Crippen LogP contribution in [0, 0.1) is 0 Å². The van der Waals surface area contributed by atoms with Crippen LogP contribution in [-0.4, -0.2) is 48.3 Å². The van der Waals surface area contributed by atoms with Crippen LogP contribution in [-0.2, 0) is 13.6 Å². The van der Waals surface area contributed by atoms with E-state index in [1.807, 2.05) is 25.5 Å². The van der Waals surface area contributed by atoms with Crippen LogP contribution in [0.1, 0.15) is 17.4 Å². The first-order valence-electron chi connectivity index (χ1n) is 7.97. The third-order valence-corrected chi connectivity index (χ3v) is 5.32. The Hall–Kier alpha value is -1.57. The highest BCUT2D eigenvalue weighted by Gasteiger charge is 2.27. The first kappa shape index (κ1) is 17.3. The van der Waals surface area contributed by atoms with Crippen LogP contribution in [0.3, 0.4) is 0 Å². The van der Waals surface area contributed by atoms with Crippen LogP contribution in [0.4, 0.5) is 0 Å². The molecule has 0 spiro atoms. The lowest BCUT2D eigenvalue weighted by Gasteiger charge is -2.36. The van der Waals surface area contributed by atoms with E-state index in [1.165, 1.54) is 5.56 Å². The van der Waals surface area contributed by atoms with Gasteiger partial charge in [0.2, 0.25) is 0 Å². The second-order valence-electron chi connectivity index (χ2n) is 5.86. The predicted molar refractivity (Wildman–Crippen MR) is 96.5 cm³/mol. The van der Waals surface area contributed by atoms with E-state index in [2.05, 4.69) is 41.8 Å². The van der Waals surface area contributed by atoms with Gasteiger partial charge in [-0.25, -0.2) is 4.98 Å². The molecular formula is C17H23BrN4O2. The number of imidazole rings is 1. The third-order valence-electron chi connectivity index (χ3n) is 4.45. The second-order valence-corrected chi connectivity index (χ2v) is 6.65. The average Bonchev–Trinajstić information content (AvgIpc) is 3.02. The Morgan fingerprint density at radius 1 is 1.33 bits per heavy atom. The van der Waals surface area contributed by atoms with Gasteiger partial charge in [0.05, 0.1) is 24.7 Å². The zero-order valence-electron chi connectivity index (χ0n) is 14.3. The summed E-state index contributed by atoms with van der Waals surface area (Å²) in [5.41, 5.74) is 1.17. The molecule has 1 fully saturated rings. The first-order chi connectivity index (χ1) is 11.7. The molecule has 2 heterocycles. The number of nitrogens with zero attached hydrogens (tertiary/aromatic N) is 3. The highest BCUT2D eigenvalue weighted by Crippen LogP contribution is 2.38. The van der Waals surface area contributed by atoms with Crippen molar-refractivity contribution >= 4 is 15.9 Å². The summed E-state index contributed by atoms with van der Waals surface area (Å²) in [5, 5.41) is 3.47. The molecule has 6 nitrogen and oxygen atoms in total. The van der Waals surface area contributed by atoms with Gasteiger partial charge in [-0.2, -0.15) is 0 Å². The molecule has 1 aromatic heterocycles. The lowest BCUT2D eigenvalue weighted by molar-refractivity contribution is 0.144. The van der Waals surface area contributed by atoms with Gasteiger partial charge in [0.25, 0.3) is 0 Å². The molecule has 1 aliphatic rings. The fraction of sp³-hybridized carbons (Fsp3) is 0.471. The van der Waals surface area contributed by atoms with Gasteiger partial charge in [-0.1, -0.05) is 6.07 Å². The Bertz CT molecular complexity index is 704. The molecule has 1 N–H and O–H groups in total. The largest absolute Gasteiger partial charge is 0.493 e. The number of aromatic nitrogens is 2. The van der Waals surface area contributed by atoms with Gasteiger partial charge in [-0.3, -0.25) is 4.90 Å². The van der Waals surface area contributed by atoms with Crippen molar-refractivity contribution in [1.82, 2.24) is 19.8 Å². The molecule has 1 unspecified atom stereocenters. The number of rotatable bonds is 5. The second kappa shape index (κ2) is 7.55. The van der Waals surface area contributed by atoms with E-state index in [9.17, 15) is 0 Å². The monoisotopic (exact) mass is 394 g/mol. The number of methoxy groups -OCH3 is 2. The minimum absolute atomic E-state index is 0.249. The Balaban J connectivity index is 1.87. The lowest BCUT2D eigenvalue weighted by Crippen LogP contribution is -2.46. The van der Waals surface area contributed by atoms with Gasteiger partial charge < -0.3 is 19.4 Å². The summed E-state index contributed by atoms with van der Waals surface area (Å²) in [7, 11) is 5.35. The minimum atomic E-state index is 0.249. The summed E-state index contributed by atoms with van der Waals surface area (Å²) in [6.45, 7) is 3.67. The van der Waals surface area contributed by atoms with Gasteiger partial charge in [-0.05, 0) is 27.6 Å². The molecule has 0 aliphatic carbocycles. The van der Waals surface area contributed by atoms with Crippen molar-refractivity contribution in [2.45, 2.75) is 12.6 Å². The van der Waals surface area contributed by atoms with Gasteiger partial charge in [0.15, 0.2) is 11.5 Å². The Kier molecular flexibility index (Phi) is 5.43. The molecule has 0 radical (unpaired) electrons. The van der Waals surface area contributed by atoms with Gasteiger partial charge in [-0.15, -0.1) is 0 Å². The topological polar surface area (TPSA) is 51.5 Å². The number of halogens is 1. The van der Waals surface area contributed by atoms with Gasteiger partial charge in [0, 0.05) is 45.6 Å². The SMILES string of the molecule is COc1ccc(CN2CCNCC2c2nccn2C)c(Br)c1OC. The maximum Gasteiger partial charge on any atom is 0.175 e. The zero-order valence-corrected chi connectivity index (χ0v) is 15.8. The van der Waals surface area contributed by atoms with E-state index in [0.717, 1.165) is 48.0 Å². The van der Waals surface area contributed by atoms with E-state index < -0.39 is 0 Å². The van der Waals surface area contributed by atoms with Crippen molar-refractivity contribution in [3.05, 3.63) is 40.4 Å². The molecule has 1 aromatic carbocycles. The molecule has 0 amide bonds. The van der Waals surface area contributed by atoms with Crippen LogP contribution in [0.2, 0.25) is 0 Å². The number of aryl methyl sites for hydroxylation is 1. The zero-order chi connectivity index (χ0) is 17.1. The minimum Gasteiger partial charge on any atom is -0.493 e. The van der Waals surface area contributed by atoms with Crippen LogP contribution in [0.15, 0.2) is 29.0 Å². The molecule has 0 bridgehead atoms. The molecule has 130 valence electrons. The summed E-state index contributed by atoms with van der Waals surface area (Å²) in [6, 6.07) is 4.29. The Morgan fingerprint density at radius 3 is 2.83 bits per heavy atom. The lowest BCUT2D eigenvalue weighted by atomic mass is 10.1. The summed E-state index contributed by atoms with van der Waals surface area (Å²) in [5.74, 6) is 2.55. The third kappa shape index (κ3) is 3.29. The molecule has 3 rings (SSSR count). The molecule has 7 heteroatoms. The van der Waals surface area contributed by atoms with Crippen molar-refractivity contribution in [2.24, 2.45) is 7.05 Å². The van der Waals surface area contributed by atoms with Crippen LogP contribution >= 0.6 is 15.9 Å². The smallest absolute Gasteiger partial charge is 0.175 e. The highest BCUT2D eigenvalue weighted by atomic mass is 79.9. The van der Waals surface area contributed by atoms with E-state index in [1.54, 1.807) is 14.2 Å². The van der Waals surface area contributed by atoms with Crippen molar-refractivity contribution in [1.29, 1.82) is 0 Å². The molecule has 1 atom stereocenters. The Labute approximate surface area is 150 Å². The quantitative estimate of drug-likeness (QED) is 0.843. The summed E-state index contributed by atoms with van der Waals surface area (Å²) in [4.78, 5) is 6.99. The maximum absolute atomic E-state index is 5.50. The average molecular weight is 395 g/mol. The number of ether oxygens (including phenoxy) is 2. The van der Waals surface area contributed by atoms with Crippen molar-refractivity contribution in [2.75, 3.05) is 33.9 Å². The predicted octanol–water partition coefficient (Wildman–Crippen LogP) is 2.35. The highest BCUT2D eigenvalue weighted by molar-refractivity contribution is 9.10. The number of nitrogens with one attached hydrogen (secondary N) is 1. The fourth-order valence-corrected chi connectivity index (χ4v) is 3.77. The maximum atomic E-state index is 5.50. The number of hydrogen-bond acceptors (Lipinski definition) is 5. The van der Waals surface area contributed by atoms with E-state index in [-0.39, 0.29) is 6.04 Å². The van der Waals surface area contributed by atoms with Crippen LogP contribution in [0.25, 0.3) is 0 Å². The summed E-state index contributed by atoms with van der Waals surface area (Å²) in [6.07, 6.45) is 3.85. The van der Waals surface area contributed by atoms with Crippen molar-refractivity contribution in [3.63, 3.8) is 0 Å². The summed E-state index contributed by atoms with van der Waals surface area (Å²) >= 11 is 3.67. The molecule has 1 aliphatic heterocycles. The number of benzene rings is 1. The van der Waals surface area contributed by atoms with Gasteiger partial charge in [0.1, 0.15) is 5.82 Å².